The lowest BCUT2D eigenvalue weighted by Crippen LogP contribution is -2.32. The van der Waals surface area contributed by atoms with Crippen molar-refractivity contribution < 1.29 is 13.9 Å². The molecule has 0 unspecified atom stereocenters. The van der Waals surface area contributed by atoms with Crippen molar-refractivity contribution >= 4 is 27.5 Å². The summed E-state index contributed by atoms with van der Waals surface area (Å²) < 4.78 is 22.6. The Bertz CT molecular complexity index is 1150. The Labute approximate surface area is 192 Å². The largest absolute Gasteiger partial charge is 0.493 e. The van der Waals surface area contributed by atoms with Crippen LogP contribution in [0.2, 0.25) is 0 Å². The standard InChI is InChI=1S/C26H29FN2O2S/c1-16(2)21-22-23(18(10-14-28-22)26(27)12-6-3-7-13-26)32-24(21)25(30)29-19-11-15-31-20-9-5-4-8-17(19)20/h4-5,8-10,14,16,19H,3,6-7,11-13,15H2,1-2H3,(H,29,30)/t19-/m0/s1. The molecule has 1 amide bonds. The second-order valence-electron chi connectivity index (χ2n) is 9.26. The van der Waals surface area contributed by atoms with Crippen molar-refractivity contribution in [2.24, 2.45) is 0 Å². The Hall–Kier alpha value is -2.47. The lowest BCUT2D eigenvalue weighted by Gasteiger charge is -2.30. The maximum atomic E-state index is 16.0. The van der Waals surface area contributed by atoms with Gasteiger partial charge in [0.2, 0.25) is 0 Å². The number of thiophene rings is 1. The normalized spacial score (nSPS) is 20.1. The van der Waals surface area contributed by atoms with Crippen LogP contribution in [0.4, 0.5) is 4.39 Å². The zero-order valence-electron chi connectivity index (χ0n) is 18.6. The third-order valence-electron chi connectivity index (χ3n) is 6.78. The highest BCUT2D eigenvalue weighted by molar-refractivity contribution is 7.21. The van der Waals surface area contributed by atoms with E-state index in [1.165, 1.54) is 11.3 Å². The zero-order valence-corrected chi connectivity index (χ0v) is 19.4. The lowest BCUT2D eigenvalue weighted by atomic mass is 9.81. The highest BCUT2D eigenvalue weighted by atomic mass is 32.1. The molecule has 3 aromatic rings. The number of pyridine rings is 1. The number of para-hydroxylation sites is 1. The molecule has 4 nitrogen and oxygen atoms in total. The van der Waals surface area contributed by atoms with Crippen LogP contribution in [-0.4, -0.2) is 17.5 Å². The van der Waals surface area contributed by atoms with Crippen LogP contribution in [-0.2, 0) is 5.67 Å². The van der Waals surface area contributed by atoms with Crippen LogP contribution in [0.3, 0.4) is 0 Å². The van der Waals surface area contributed by atoms with Gasteiger partial charge in [-0.1, -0.05) is 38.5 Å². The molecule has 1 fully saturated rings. The minimum atomic E-state index is -1.33. The second-order valence-corrected chi connectivity index (χ2v) is 10.3. The number of nitrogens with zero attached hydrogens (tertiary/aromatic N) is 1. The van der Waals surface area contributed by atoms with E-state index in [0.717, 1.165) is 52.8 Å². The van der Waals surface area contributed by atoms with Crippen molar-refractivity contribution in [1.82, 2.24) is 10.3 Å². The fourth-order valence-corrected chi connectivity index (χ4v) is 6.58. The number of nitrogens with one attached hydrogen (secondary N) is 1. The van der Waals surface area contributed by atoms with E-state index in [1.807, 2.05) is 30.3 Å². The van der Waals surface area contributed by atoms with Gasteiger partial charge in [0.1, 0.15) is 11.4 Å². The highest BCUT2D eigenvalue weighted by Crippen LogP contribution is 2.47. The van der Waals surface area contributed by atoms with Gasteiger partial charge in [0, 0.05) is 29.3 Å². The number of alkyl halides is 1. The number of halogens is 1. The summed E-state index contributed by atoms with van der Waals surface area (Å²) in [6.45, 7) is 4.71. The Morgan fingerprint density at radius 1 is 1.22 bits per heavy atom. The molecule has 5 rings (SSSR count). The van der Waals surface area contributed by atoms with E-state index < -0.39 is 5.67 Å². The highest BCUT2D eigenvalue weighted by Gasteiger charge is 2.37. The smallest absolute Gasteiger partial charge is 0.262 e. The number of amides is 1. The lowest BCUT2D eigenvalue weighted by molar-refractivity contribution is 0.0927. The second kappa shape index (κ2) is 8.47. The van der Waals surface area contributed by atoms with Crippen molar-refractivity contribution in [2.45, 2.75) is 70.0 Å². The van der Waals surface area contributed by atoms with E-state index in [4.69, 9.17) is 4.74 Å². The van der Waals surface area contributed by atoms with Gasteiger partial charge >= 0.3 is 0 Å². The number of aromatic nitrogens is 1. The molecular weight excluding hydrogens is 423 g/mol. The van der Waals surface area contributed by atoms with E-state index in [9.17, 15) is 4.79 Å². The number of ether oxygens (including phenoxy) is 1. The van der Waals surface area contributed by atoms with E-state index >= 15 is 4.39 Å². The molecule has 1 aliphatic carbocycles. The topological polar surface area (TPSA) is 51.2 Å². The summed E-state index contributed by atoms with van der Waals surface area (Å²) in [6, 6.07) is 9.57. The minimum absolute atomic E-state index is 0.101. The van der Waals surface area contributed by atoms with Gasteiger partial charge in [-0.3, -0.25) is 9.78 Å². The van der Waals surface area contributed by atoms with Crippen LogP contribution in [0.15, 0.2) is 36.5 Å². The first-order valence-electron chi connectivity index (χ1n) is 11.6. The first kappa shape index (κ1) is 21.4. The molecule has 0 spiro atoms. The number of benzene rings is 1. The molecule has 32 heavy (non-hydrogen) atoms. The van der Waals surface area contributed by atoms with E-state index in [1.54, 1.807) is 6.20 Å². The van der Waals surface area contributed by atoms with E-state index in [2.05, 4.69) is 24.1 Å². The third kappa shape index (κ3) is 3.68. The number of carbonyl (C=O) groups excluding carboxylic acids is 1. The molecular formula is C26H29FN2O2S. The molecule has 3 heterocycles. The van der Waals surface area contributed by atoms with Crippen LogP contribution in [0.1, 0.15) is 90.7 Å². The Morgan fingerprint density at radius 2 is 2.00 bits per heavy atom. The molecule has 0 saturated heterocycles. The van der Waals surface area contributed by atoms with Gasteiger partial charge < -0.3 is 10.1 Å². The number of fused-ring (bicyclic) bond motifs is 2. The quantitative estimate of drug-likeness (QED) is 0.473. The predicted octanol–water partition coefficient (Wildman–Crippen LogP) is 6.80. The molecule has 0 bridgehead atoms. The van der Waals surface area contributed by atoms with Crippen LogP contribution in [0.25, 0.3) is 10.2 Å². The van der Waals surface area contributed by atoms with Crippen molar-refractivity contribution in [2.75, 3.05) is 6.61 Å². The number of hydrogen-bond acceptors (Lipinski definition) is 4. The van der Waals surface area contributed by atoms with Crippen LogP contribution in [0, 0.1) is 0 Å². The average Bonchev–Trinajstić information content (AvgIpc) is 3.20. The molecule has 6 heteroatoms. The molecule has 2 aromatic heterocycles. The number of carbonyl (C=O) groups is 1. The predicted molar refractivity (Wildman–Crippen MR) is 126 cm³/mol. The van der Waals surface area contributed by atoms with Crippen LogP contribution in [0.5, 0.6) is 5.75 Å². The Balaban J connectivity index is 1.55. The maximum Gasteiger partial charge on any atom is 0.262 e. The van der Waals surface area contributed by atoms with Crippen molar-refractivity contribution in [1.29, 1.82) is 0 Å². The maximum absolute atomic E-state index is 16.0. The average molecular weight is 453 g/mol. The van der Waals surface area contributed by atoms with Gasteiger partial charge in [-0.2, -0.15) is 0 Å². The first-order valence-corrected chi connectivity index (χ1v) is 12.4. The van der Waals surface area contributed by atoms with Gasteiger partial charge in [0.25, 0.3) is 5.91 Å². The molecule has 1 aromatic carbocycles. The van der Waals surface area contributed by atoms with Gasteiger partial charge in [-0.05, 0) is 43.7 Å². The summed E-state index contributed by atoms with van der Waals surface area (Å²) in [5.74, 6) is 0.821. The summed E-state index contributed by atoms with van der Waals surface area (Å²) in [4.78, 5) is 18.8. The van der Waals surface area contributed by atoms with Gasteiger partial charge in [-0.25, -0.2) is 4.39 Å². The van der Waals surface area contributed by atoms with Crippen molar-refractivity contribution in [3.8, 4) is 5.75 Å². The zero-order chi connectivity index (χ0) is 22.3. The Morgan fingerprint density at radius 3 is 2.78 bits per heavy atom. The molecule has 2 aliphatic rings. The monoisotopic (exact) mass is 452 g/mol. The molecule has 1 atom stereocenters. The fraction of sp³-hybridized carbons (Fsp3) is 0.462. The first-order chi connectivity index (χ1) is 15.5. The molecule has 168 valence electrons. The number of rotatable bonds is 4. The van der Waals surface area contributed by atoms with E-state index in [-0.39, 0.29) is 17.9 Å². The summed E-state index contributed by atoms with van der Waals surface area (Å²) in [5, 5.41) is 3.23. The van der Waals surface area contributed by atoms with Gasteiger partial charge in [0.05, 0.1) is 27.7 Å². The molecule has 1 N–H and O–H groups in total. The van der Waals surface area contributed by atoms with Gasteiger partial charge in [0.15, 0.2) is 0 Å². The molecule has 0 radical (unpaired) electrons. The molecule has 1 aliphatic heterocycles. The third-order valence-corrected chi connectivity index (χ3v) is 8.01. The minimum Gasteiger partial charge on any atom is -0.493 e. The van der Waals surface area contributed by atoms with Crippen molar-refractivity contribution in [3.05, 3.63) is 58.1 Å². The molecule has 1 saturated carbocycles. The SMILES string of the molecule is CC(C)c1c(C(=O)N[C@H]2CCOc3ccccc32)sc2c(C3(F)CCCCC3)ccnc12. The number of hydrogen-bond donors (Lipinski definition) is 1. The summed E-state index contributed by atoms with van der Waals surface area (Å²) in [5.41, 5.74) is 2.09. The van der Waals surface area contributed by atoms with Crippen LogP contribution < -0.4 is 10.1 Å². The van der Waals surface area contributed by atoms with Crippen LogP contribution >= 0.6 is 11.3 Å². The Kier molecular flexibility index (Phi) is 5.66. The van der Waals surface area contributed by atoms with E-state index in [0.29, 0.717) is 29.9 Å². The summed E-state index contributed by atoms with van der Waals surface area (Å²) >= 11 is 1.40. The summed E-state index contributed by atoms with van der Waals surface area (Å²) in [7, 11) is 0. The van der Waals surface area contributed by atoms with Crippen molar-refractivity contribution in [3.63, 3.8) is 0 Å². The van der Waals surface area contributed by atoms with Gasteiger partial charge in [-0.15, -0.1) is 11.3 Å². The fourth-order valence-electron chi connectivity index (χ4n) is 5.16. The summed E-state index contributed by atoms with van der Waals surface area (Å²) in [6.07, 6.45) is 6.41.